The minimum atomic E-state index is 0. The van der Waals surface area contributed by atoms with Crippen molar-refractivity contribution in [1.82, 2.24) is 0 Å². The van der Waals surface area contributed by atoms with Crippen LogP contribution in [0.25, 0.3) is 0 Å². The van der Waals surface area contributed by atoms with Crippen LogP contribution in [-0.2, 0) is 12.8 Å². The molecule has 110 valence electrons. The summed E-state index contributed by atoms with van der Waals surface area (Å²) in [6.45, 7) is 6.10. The van der Waals surface area contributed by atoms with Gasteiger partial charge < -0.3 is 10.2 Å². The van der Waals surface area contributed by atoms with Gasteiger partial charge in [-0.1, -0.05) is 45.5 Å². The van der Waals surface area contributed by atoms with Gasteiger partial charge in [-0.25, -0.2) is 0 Å². The summed E-state index contributed by atoms with van der Waals surface area (Å²) in [5, 5.41) is 18.0. The van der Waals surface area contributed by atoms with Crippen molar-refractivity contribution in [3.8, 4) is 11.5 Å². The summed E-state index contributed by atoms with van der Waals surface area (Å²) >= 11 is 0. The molecule has 0 aliphatic rings. The summed E-state index contributed by atoms with van der Waals surface area (Å²) in [7, 11) is 0. The van der Waals surface area contributed by atoms with Gasteiger partial charge in [-0.3, -0.25) is 0 Å². The molecule has 0 aliphatic carbocycles. The molecule has 0 radical (unpaired) electrons. The second-order valence-corrected chi connectivity index (χ2v) is 4.49. The third-order valence-corrected chi connectivity index (χ3v) is 3.01. The van der Waals surface area contributed by atoms with E-state index in [1.165, 1.54) is 11.1 Å². The van der Waals surface area contributed by atoms with Crippen molar-refractivity contribution < 1.29 is 10.2 Å². The third-order valence-electron chi connectivity index (χ3n) is 3.01. The fourth-order valence-electron chi connectivity index (χ4n) is 1.67. The number of phenolic OH excluding ortho intramolecular Hbond substituents is 2. The second kappa shape index (κ2) is 9.03. The predicted molar refractivity (Wildman–Crippen MR) is 86.4 cm³/mol. The van der Waals surface area contributed by atoms with Crippen LogP contribution in [-0.4, -0.2) is 10.2 Å². The Hall–Kier alpha value is -1.96. The van der Waals surface area contributed by atoms with Crippen LogP contribution in [0.5, 0.6) is 11.5 Å². The zero-order valence-corrected chi connectivity index (χ0v) is 11.9. The zero-order valence-electron chi connectivity index (χ0n) is 11.9. The maximum Gasteiger partial charge on any atom is 0.118 e. The number of phenols is 2. The molecule has 0 heterocycles. The fraction of sp³-hybridized carbons (Fsp3) is 0.333. The number of hydrogen-bond acceptors (Lipinski definition) is 2. The molecule has 2 heteroatoms. The highest BCUT2D eigenvalue weighted by Gasteiger charge is 1.94. The normalized spacial score (nSPS) is 9.15. The van der Waals surface area contributed by atoms with Gasteiger partial charge in [-0.05, 0) is 54.7 Å². The van der Waals surface area contributed by atoms with E-state index in [4.69, 9.17) is 10.2 Å². The van der Waals surface area contributed by atoms with Gasteiger partial charge in [0.05, 0.1) is 0 Å². The molecule has 0 aliphatic heterocycles. The summed E-state index contributed by atoms with van der Waals surface area (Å²) in [5.74, 6) is 0.726. The first-order chi connectivity index (χ1) is 9.06. The molecular weight excluding hydrogens is 248 g/mol. The van der Waals surface area contributed by atoms with Gasteiger partial charge in [-0.2, -0.15) is 0 Å². The standard InChI is InChI=1S/C9H12O.C8H10O.CH4/c1-3-8-4-5-9(10)7(2)6-8;1-2-7-3-5-8(9)6-4-7;/h4-6,10H,3H2,1-2H3;3-6,9H,2H2,1H3;1H4. The van der Waals surface area contributed by atoms with Crippen LogP contribution < -0.4 is 0 Å². The van der Waals surface area contributed by atoms with E-state index in [1.54, 1.807) is 18.2 Å². The van der Waals surface area contributed by atoms with Crippen LogP contribution in [0.2, 0.25) is 0 Å². The van der Waals surface area contributed by atoms with Crippen molar-refractivity contribution >= 4 is 0 Å². The minimum Gasteiger partial charge on any atom is -0.508 e. The topological polar surface area (TPSA) is 40.5 Å². The summed E-state index contributed by atoms with van der Waals surface area (Å²) in [4.78, 5) is 0. The molecule has 2 aromatic carbocycles. The van der Waals surface area contributed by atoms with Gasteiger partial charge in [0.1, 0.15) is 11.5 Å². The summed E-state index contributed by atoms with van der Waals surface area (Å²) in [6.07, 6.45) is 2.06. The molecule has 2 N–H and O–H groups in total. The Balaban J connectivity index is 0.000000345. The Bertz CT molecular complexity index is 501. The Labute approximate surface area is 122 Å². The molecule has 2 nitrogen and oxygen atoms in total. The first-order valence-corrected chi connectivity index (χ1v) is 6.63. The number of aromatic hydroxyl groups is 2. The lowest BCUT2D eigenvalue weighted by Gasteiger charge is -1.99. The van der Waals surface area contributed by atoms with Crippen LogP contribution in [0.15, 0.2) is 42.5 Å². The maximum atomic E-state index is 9.14. The van der Waals surface area contributed by atoms with Crippen molar-refractivity contribution in [3.05, 3.63) is 59.2 Å². The molecular formula is C18H26O2. The highest BCUT2D eigenvalue weighted by Crippen LogP contribution is 2.16. The van der Waals surface area contributed by atoms with Crippen LogP contribution in [0.1, 0.15) is 38.0 Å². The molecule has 2 rings (SSSR count). The molecule has 20 heavy (non-hydrogen) atoms. The van der Waals surface area contributed by atoms with E-state index < -0.39 is 0 Å². The van der Waals surface area contributed by atoms with Gasteiger partial charge in [0.15, 0.2) is 0 Å². The van der Waals surface area contributed by atoms with Crippen LogP contribution in [0.3, 0.4) is 0 Å². The average molecular weight is 274 g/mol. The number of benzene rings is 2. The van der Waals surface area contributed by atoms with E-state index in [0.717, 1.165) is 18.4 Å². The van der Waals surface area contributed by atoms with Gasteiger partial charge in [0.2, 0.25) is 0 Å². The lowest BCUT2D eigenvalue weighted by atomic mass is 10.1. The molecule has 0 spiro atoms. The van der Waals surface area contributed by atoms with Crippen LogP contribution in [0, 0.1) is 6.92 Å². The molecule has 0 unspecified atom stereocenters. The highest BCUT2D eigenvalue weighted by molar-refractivity contribution is 5.34. The molecule has 0 saturated carbocycles. The SMILES string of the molecule is C.CCc1ccc(O)c(C)c1.CCc1ccc(O)cc1. The van der Waals surface area contributed by atoms with Gasteiger partial charge >= 0.3 is 0 Å². The van der Waals surface area contributed by atoms with Crippen LogP contribution in [0.4, 0.5) is 0 Å². The van der Waals surface area contributed by atoms with Gasteiger partial charge in [0, 0.05) is 0 Å². The maximum absolute atomic E-state index is 9.14. The predicted octanol–water partition coefficient (Wildman–Crippen LogP) is 4.85. The number of aryl methyl sites for hydroxylation is 3. The first kappa shape index (κ1) is 18.0. The van der Waals surface area contributed by atoms with Crippen molar-refractivity contribution in [2.24, 2.45) is 0 Å². The molecule has 0 atom stereocenters. The Kier molecular flexibility index (Phi) is 8.14. The van der Waals surface area contributed by atoms with Gasteiger partial charge in [0.25, 0.3) is 0 Å². The van der Waals surface area contributed by atoms with Crippen molar-refractivity contribution in [2.75, 3.05) is 0 Å². The van der Waals surface area contributed by atoms with Crippen molar-refractivity contribution in [3.63, 3.8) is 0 Å². The summed E-state index contributed by atoms with van der Waals surface area (Å²) in [6, 6.07) is 13.0. The minimum absolute atomic E-state index is 0. The highest BCUT2D eigenvalue weighted by atomic mass is 16.3. The van der Waals surface area contributed by atoms with E-state index in [0.29, 0.717) is 11.5 Å². The van der Waals surface area contributed by atoms with Crippen molar-refractivity contribution in [2.45, 2.75) is 41.0 Å². The monoisotopic (exact) mass is 274 g/mol. The van der Waals surface area contributed by atoms with E-state index in [-0.39, 0.29) is 7.43 Å². The van der Waals surface area contributed by atoms with E-state index in [9.17, 15) is 0 Å². The molecule has 0 fully saturated rings. The smallest absolute Gasteiger partial charge is 0.118 e. The summed E-state index contributed by atoms with van der Waals surface area (Å²) in [5.41, 5.74) is 3.49. The van der Waals surface area contributed by atoms with E-state index in [2.05, 4.69) is 13.8 Å². The molecule has 0 aromatic heterocycles. The van der Waals surface area contributed by atoms with Gasteiger partial charge in [-0.15, -0.1) is 0 Å². The fourth-order valence-corrected chi connectivity index (χ4v) is 1.67. The largest absolute Gasteiger partial charge is 0.508 e. The Morgan fingerprint density at radius 2 is 1.30 bits per heavy atom. The third kappa shape index (κ3) is 5.79. The molecule has 0 amide bonds. The second-order valence-electron chi connectivity index (χ2n) is 4.49. The van der Waals surface area contributed by atoms with Crippen molar-refractivity contribution in [1.29, 1.82) is 0 Å². The molecule has 2 aromatic rings. The Morgan fingerprint density at radius 1 is 0.800 bits per heavy atom. The molecule has 0 saturated heterocycles. The van der Waals surface area contributed by atoms with Crippen LogP contribution >= 0.6 is 0 Å². The van der Waals surface area contributed by atoms with E-state index >= 15 is 0 Å². The Morgan fingerprint density at radius 3 is 1.75 bits per heavy atom. The molecule has 0 bridgehead atoms. The average Bonchev–Trinajstić information content (AvgIpc) is 2.43. The zero-order chi connectivity index (χ0) is 14.3. The number of hydrogen-bond donors (Lipinski definition) is 2. The number of rotatable bonds is 2. The van der Waals surface area contributed by atoms with E-state index in [1.807, 2.05) is 31.2 Å². The lowest BCUT2D eigenvalue weighted by molar-refractivity contribution is 0.471. The summed E-state index contributed by atoms with van der Waals surface area (Å²) < 4.78 is 0. The first-order valence-electron chi connectivity index (χ1n) is 6.63. The quantitative estimate of drug-likeness (QED) is 0.821. The lowest BCUT2D eigenvalue weighted by Crippen LogP contribution is -1.80.